The molecule has 0 aliphatic rings. The van der Waals surface area contributed by atoms with E-state index >= 15 is 0 Å². The average molecular weight is 356 g/mol. The fraction of sp³-hybridized carbons (Fsp3) is 0.130. The van der Waals surface area contributed by atoms with E-state index in [0.29, 0.717) is 12.1 Å². The second-order valence-electron chi connectivity index (χ2n) is 6.64. The van der Waals surface area contributed by atoms with Crippen molar-refractivity contribution in [2.24, 2.45) is 0 Å². The number of pyridine rings is 1. The van der Waals surface area contributed by atoms with Crippen LogP contribution in [0.25, 0.3) is 22.0 Å². The van der Waals surface area contributed by atoms with Crippen LogP contribution in [0.5, 0.6) is 0 Å². The molecular weight excluding hydrogens is 336 g/mol. The summed E-state index contributed by atoms with van der Waals surface area (Å²) in [4.78, 5) is 17.5. The molecule has 4 rings (SSSR count). The molecule has 0 fully saturated rings. The van der Waals surface area contributed by atoms with E-state index < -0.39 is 0 Å². The summed E-state index contributed by atoms with van der Waals surface area (Å²) in [5.74, 6) is 0.585. The summed E-state index contributed by atoms with van der Waals surface area (Å²) in [6.45, 7) is 4.33. The number of hydrogen-bond donors (Lipinski definition) is 1. The monoisotopic (exact) mass is 356 g/mol. The van der Waals surface area contributed by atoms with Gasteiger partial charge in [0.25, 0.3) is 5.91 Å². The molecule has 4 heteroatoms. The summed E-state index contributed by atoms with van der Waals surface area (Å²) in [6, 6.07) is 19.8. The van der Waals surface area contributed by atoms with Gasteiger partial charge in [0, 0.05) is 16.6 Å². The minimum atomic E-state index is -0.136. The highest BCUT2D eigenvalue weighted by Gasteiger charge is 2.15. The molecule has 2 heterocycles. The Morgan fingerprint density at radius 2 is 1.85 bits per heavy atom. The van der Waals surface area contributed by atoms with Gasteiger partial charge in [-0.15, -0.1) is 0 Å². The second-order valence-corrected chi connectivity index (χ2v) is 6.64. The summed E-state index contributed by atoms with van der Waals surface area (Å²) in [5, 5.41) is 3.77. The van der Waals surface area contributed by atoms with E-state index in [9.17, 15) is 4.79 Å². The maximum atomic E-state index is 12.8. The van der Waals surface area contributed by atoms with Gasteiger partial charge in [-0.05, 0) is 37.6 Å². The fourth-order valence-electron chi connectivity index (χ4n) is 3.21. The van der Waals surface area contributed by atoms with Gasteiger partial charge in [0.15, 0.2) is 0 Å². The first kappa shape index (κ1) is 17.0. The van der Waals surface area contributed by atoms with Crippen LogP contribution >= 0.6 is 0 Å². The van der Waals surface area contributed by atoms with Crippen LogP contribution in [0.1, 0.15) is 27.4 Å². The Balaban J connectivity index is 1.76. The van der Waals surface area contributed by atoms with E-state index in [1.165, 1.54) is 5.56 Å². The molecule has 1 amide bonds. The number of aromatic nitrogens is 1. The summed E-state index contributed by atoms with van der Waals surface area (Å²) < 4.78 is 5.29. The van der Waals surface area contributed by atoms with Crippen LogP contribution in [0.4, 0.5) is 0 Å². The number of hydrogen-bond acceptors (Lipinski definition) is 3. The van der Waals surface area contributed by atoms with E-state index in [2.05, 4.69) is 36.5 Å². The normalized spacial score (nSPS) is 10.9. The highest BCUT2D eigenvalue weighted by Crippen LogP contribution is 2.30. The predicted molar refractivity (Wildman–Crippen MR) is 107 cm³/mol. The van der Waals surface area contributed by atoms with Gasteiger partial charge in [-0.25, -0.2) is 0 Å². The first-order chi connectivity index (χ1) is 13.1. The lowest BCUT2D eigenvalue weighted by Gasteiger charge is -2.12. The first-order valence-corrected chi connectivity index (χ1v) is 8.90. The lowest BCUT2D eigenvalue weighted by molar-refractivity contribution is 0.0949. The molecule has 0 atom stereocenters. The number of rotatable bonds is 4. The van der Waals surface area contributed by atoms with Crippen molar-refractivity contribution >= 4 is 16.8 Å². The zero-order valence-corrected chi connectivity index (χ0v) is 15.3. The molecule has 0 aliphatic carbocycles. The zero-order valence-electron chi connectivity index (χ0n) is 15.3. The Bertz CT molecular complexity index is 1100. The quantitative estimate of drug-likeness (QED) is 0.557. The molecule has 0 saturated carbocycles. The molecule has 2 aromatic heterocycles. The maximum absolute atomic E-state index is 12.8. The van der Waals surface area contributed by atoms with Gasteiger partial charge in [-0.2, -0.15) is 0 Å². The number of para-hydroxylation sites is 1. The molecule has 0 spiro atoms. The summed E-state index contributed by atoms with van der Waals surface area (Å²) >= 11 is 0. The summed E-state index contributed by atoms with van der Waals surface area (Å²) in [7, 11) is 0. The molecule has 0 unspecified atom stereocenters. The third-order valence-electron chi connectivity index (χ3n) is 4.58. The highest BCUT2D eigenvalue weighted by atomic mass is 16.3. The first-order valence-electron chi connectivity index (χ1n) is 8.90. The van der Waals surface area contributed by atoms with Crippen LogP contribution in [0.15, 0.2) is 71.3 Å². The Morgan fingerprint density at radius 3 is 2.59 bits per heavy atom. The minimum absolute atomic E-state index is 0.136. The molecule has 0 radical (unpaired) electrons. The van der Waals surface area contributed by atoms with E-state index in [1.807, 2.05) is 37.3 Å². The Morgan fingerprint density at radius 1 is 1.04 bits per heavy atom. The number of carbonyl (C=O) groups is 1. The maximum Gasteiger partial charge on any atom is 0.252 e. The van der Waals surface area contributed by atoms with Gasteiger partial charge in [-0.3, -0.25) is 9.78 Å². The molecule has 2 aromatic carbocycles. The van der Waals surface area contributed by atoms with Crippen LogP contribution in [0, 0.1) is 13.8 Å². The van der Waals surface area contributed by atoms with Crippen molar-refractivity contribution in [1.82, 2.24) is 10.3 Å². The van der Waals surface area contributed by atoms with Crippen molar-refractivity contribution in [3.05, 3.63) is 89.5 Å². The molecule has 0 saturated heterocycles. The number of furan rings is 1. The van der Waals surface area contributed by atoms with Gasteiger partial charge in [-0.1, -0.05) is 48.0 Å². The fourth-order valence-corrected chi connectivity index (χ4v) is 3.21. The van der Waals surface area contributed by atoms with Gasteiger partial charge in [0.05, 0.1) is 23.9 Å². The lowest BCUT2D eigenvalue weighted by atomic mass is 9.98. The number of fused-ring (bicyclic) bond motifs is 1. The molecule has 0 aliphatic heterocycles. The third-order valence-corrected chi connectivity index (χ3v) is 4.58. The third kappa shape index (κ3) is 3.47. The number of amides is 1. The van der Waals surface area contributed by atoms with Crippen LogP contribution in [0.3, 0.4) is 0 Å². The molecular formula is C23H20N2O2. The highest BCUT2D eigenvalue weighted by molar-refractivity contribution is 6.09. The largest absolute Gasteiger partial charge is 0.467 e. The van der Waals surface area contributed by atoms with Gasteiger partial charge >= 0.3 is 0 Å². The van der Waals surface area contributed by atoms with Crippen molar-refractivity contribution in [3.8, 4) is 11.1 Å². The van der Waals surface area contributed by atoms with Gasteiger partial charge < -0.3 is 9.73 Å². The van der Waals surface area contributed by atoms with Gasteiger partial charge in [0.2, 0.25) is 0 Å². The standard InChI is InChI=1S/C23H20N2O2/c1-15-8-10-17(11-9-15)19-6-3-7-20-21(13-16(2)25-22(19)20)23(26)24-14-18-5-4-12-27-18/h3-13H,14H2,1-2H3,(H,24,26). The van der Waals surface area contributed by atoms with Crippen LogP contribution in [-0.2, 0) is 6.54 Å². The molecule has 4 nitrogen and oxygen atoms in total. The molecule has 134 valence electrons. The van der Waals surface area contributed by atoms with Gasteiger partial charge in [0.1, 0.15) is 5.76 Å². The zero-order chi connectivity index (χ0) is 18.8. The molecule has 1 N–H and O–H groups in total. The summed E-state index contributed by atoms with van der Waals surface area (Å²) in [5.41, 5.74) is 5.59. The molecule has 4 aromatic rings. The van der Waals surface area contributed by atoms with Crippen LogP contribution in [0.2, 0.25) is 0 Å². The van der Waals surface area contributed by atoms with Crippen molar-refractivity contribution in [2.45, 2.75) is 20.4 Å². The van der Waals surface area contributed by atoms with Crippen molar-refractivity contribution in [2.75, 3.05) is 0 Å². The van der Waals surface area contributed by atoms with Crippen LogP contribution in [-0.4, -0.2) is 10.9 Å². The van der Waals surface area contributed by atoms with E-state index in [4.69, 9.17) is 9.40 Å². The topological polar surface area (TPSA) is 55.1 Å². The van der Waals surface area contributed by atoms with E-state index in [1.54, 1.807) is 12.3 Å². The average Bonchev–Trinajstić information content (AvgIpc) is 3.19. The molecule has 27 heavy (non-hydrogen) atoms. The Kier molecular flexibility index (Phi) is 4.47. The Hall–Kier alpha value is -3.40. The van der Waals surface area contributed by atoms with Crippen molar-refractivity contribution in [1.29, 1.82) is 0 Å². The lowest BCUT2D eigenvalue weighted by Crippen LogP contribution is -2.23. The smallest absolute Gasteiger partial charge is 0.252 e. The number of carbonyl (C=O) groups excluding carboxylic acids is 1. The Labute approximate surface area is 157 Å². The minimum Gasteiger partial charge on any atom is -0.467 e. The van der Waals surface area contributed by atoms with Crippen molar-refractivity contribution in [3.63, 3.8) is 0 Å². The van der Waals surface area contributed by atoms with E-state index in [0.717, 1.165) is 33.5 Å². The number of nitrogens with one attached hydrogen (secondary N) is 1. The van der Waals surface area contributed by atoms with Crippen LogP contribution < -0.4 is 5.32 Å². The van der Waals surface area contributed by atoms with E-state index in [-0.39, 0.29) is 5.91 Å². The number of benzene rings is 2. The summed E-state index contributed by atoms with van der Waals surface area (Å²) in [6.07, 6.45) is 1.60. The van der Waals surface area contributed by atoms with Crippen molar-refractivity contribution < 1.29 is 9.21 Å². The molecule has 0 bridgehead atoms. The second kappa shape index (κ2) is 7.08. The SMILES string of the molecule is Cc1ccc(-c2cccc3c(C(=O)NCc4ccco4)cc(C)nc23)cc1. The number of aryl methyl sites for hydroxylation is 2. The number of nitrogens with zero attached hydrogens (tertiary/aromatic N) is 1. The predicted octanol–water partition coefficient (Wildman–Crippen LogP) is 5.04.